The first kappa shape index (κ1) is 47.8. The maximum atomic E-state index is 12.5. The summed E-state index contributed by atoms with van der Waals surface area (Å²) in [6.45, 7) is 0.900. The van der Waals surface area contributed by atoms with Crippen LogP contribution < -0.4 is 88.1 Å². The number of carbonyl (C=O) groups is 5. The molecule has 2 atom stereocenters. The van der Waals surface area contributed by atoms with Crippen molar-refractivity contribution >= 4 is 47.9 Å². The molecule has 2 aromatic heterocycles. The van der Waals surface area contributed by atoms with Crippen molar-refractivity contribution in [3.8, 4) is 0 Å². The summed E-state index contributed by atoms with van der Waals surface area (Å²) in [4.78, 5) is 75.7. The van der Waals surface area contributed by atoms with Crippen molar-refractivity contribution in [2.75, 3.05) is 0 Å². The molecule has 0 radical (unpaired) electrons. The van der Waals surface area contributed by atoms with Crippen molar-refractivity contribution in [1.29, 1.82) is 0 Å². The Morgan fingerprint density at radius 2 is 1.18 bits per heavy atom. The maximum absolute atomic E-state index is 12.5. The Balaban J connectivity index is 0. The van der Waals surface area contributed by atoms with Crippen LogP contribution in [0.1, 0.15) is 62.3 Å². The van der Waals surface area contributed by atoms with Crippen LogP contribution in [0.4, 0.5) is 0 Å². The molecular formula is C32H30Cl2N4Na2O9. The summed E-state index contributed by atoms with van der Waals surface area (Å²) < 4.78 is 3.45. The van der Waals surface area contributed by atoms with Crippen LogP contribution in [0.25, 0.3) is 0 Å². The minimum Gasteiger partial charge on any atom is -1.00 e. The Kier molecular flexibility index (Phi) is 20.5. The van der Waals surface area contributed by atoms with Crippen LogP contribution in [0.5, 0.6) is 0 Å². The number of carbonyl (C=O) groups excluding carboxylic acids is 7. The predicted molar refractivity (Wildman–Crippen MR) is 162 cm³/mol. The van der Waals surface area contributed by atoms with Gasteiger partial charge >= 0.3 is 65.3 Å². The van der Waals surface area contributed by atoms with Gasteiger partial charge in [-0.2, -0.15) is 9.59 Å². The van der Waals surface area contributed by atoms with Gasteiger partial charge in [0.1, 0.15) is 5.41 Å². The van der Waals surface area contributed by atoms with Crippen molar-refractivity contribution in [2.24, 2.45) is 11.5 Å². The minimum absolute atomic E-state index is 0. The van der Waals surface area contributed by atoms with E-state index in [1.54, 1.807) is 48.5 Å². The predicted octanol–water partition coefficient (Wildman–Crippen LogP) is -8.69. The van der Waals surface area contributed by atoms with E-state index in [2.05, 4.69) is 0 Å². The zero-order valence-corrected chi connectivity index (χ0v) is 32.2. The van der Waals surface area contributed by atoms with E-state index in [0.717, 1.165) is 5.69 Å². The number of carboxylic acid groups (broad SMARTS) is 1. The third kappa shape index (κ3) is 9.68. The number of aliphatic carboxylic acids is 1. The van der Waals surface area contributed by atoms with E-state index in [1.807, 2.05) is 28.8 Å². The normalized spacial score (nSPS) is 15.6. The van der Waals surface area contributed by atoms with E-state index < -0.39 is 17.3 Å². The number of amides is 2. The Morgan fingerprint density at radius 3 is 1.61 bits per heavy atom. The van der Waals surface area contributed by atoms with Crippen LogP contribution >= 0.6 is 12.4 Å². The number of hydrogen-bond donors (Lipinski definition) is 2. The molecule has 0 bridgehead atoms. The Labute approximate surface area is 337 Å². The van der Waals surface area contributed by atoms with E-state index in [9.17, 15) is 29.1 Å². The number of halogens is 2. The fraction of sp³-hybridized carbons (Fsp3) is 0.188. The van der Waals surface area contributed by atoms with Gasteiger partial charge in [0.15, 0.2) is 0 Å². The van der Waals surface area contributed by atoms with Gasteiger partial charge in [-0.1, -0.05) is 60.7 Å². The summed E-state index contributed by atoms with van der Waals surface area (Å²) in [6, 6.07) is 24.4. The number of benzene rings is 2. The van der Waals surface area contributed by atoms with Crippen molar-refractivity contribution < 1.29 is 116 Å². The summed E-state index contributed by atoms with van der Waals surface area (Å²) in [5.74, 6) is -3.34. The van der Waals surface area contributed by atoms with E-state index >= 15 is 0 Å². The molecular weight excluding hydrogens is 701 g/mol. The zero-order valence-electron chi connectivity index (χ0n) is 26.6. The van der Waals surface area contributed by atoms with Gasteiger partial charge in [-0.15, -0.1) is 12.4 Å². The third-order valence-electron chi connectivity index (χ3n) is 7.79. The molecule has 0 spiro atoms. The summed E-state index contributed by atoms with van der Waals surface area (Å²) in [5, 5.41) is 11.5. The van der Waals surface area contributed by atoms with Crippen LogP contribution in [0.15, 0.2) is 84.9 Å². The molecule has 2 unspecified atom stereocenters. The Morgan fingerprint density at radius 1 is 0.735 bits per heavy atom. The molecule has 0 saturated heterocycles. The Hall–Kier alpha value is -3.33. The molecule has 2 amide bonds. The van der Waals surface area contributed by atoms with Crippen molar-refractivity contribution in [3.05, 3.63) is 119 Å². The van der Waals surface area contributed by atoms with E-state index in [1.165, 1.54) is 16.7 Å². The number of aromatic nitrogens is 2. The van der Waals surface area contributed by atoms with Gasteiger partial charge in [-0.25, -0.2) is 0 Å². The maximum Gasteiger partial charge on any atom is 1.00 e. The second-order valence-electron chi connectivity index (χ2n) is 10.1. The number of nitrogens with two attached hydrogens (primary N) is 2. The number of carboxylic acids is 1. The van der Waals surface area contributed by atoms with Crippen LogP contribution in [-0.2, 0) is 42.5 Å². The topological polar surface area (TPSA) is 236 Å². The second-order valence-corrected chi connectivity index (χ2v) is 10.1. The number of fused-ring (bicyclic) bond motifs is 2. The second kappa shape index (κ2) is 21.0. The molecule has 4 aromatic rings. The van der Waals surface area contributed by atoms with Gasteiger partial charge in [0, 0.05) is 35.6 Å². The van der Waals surface area contributed by atoms with Crippen LogP contribution in [0.2, 0.25) is 0 Å². The summed E-state index contributed by atoms with van der Waals surface area (Å²) in [6.07, 6.45) is 0.927. The number of ketones is 2. The molecule has 13 nitrogen and oxygen atoms in total. The largest absolute Gasteiger partial charge is 1.00 e. The molecule has 2 aliphatic rings. The average Bonchev–Trinajstić information content (AvgIpc) is 3.79. The van der Waals surface area contributed by atoms with Gasteiger partial charge in [0.25, 0.3) is 0 Å². The third-order valence-corrected chi connectivity index (χ3v) is 7.79. The monoisotopic (exact) mass is 730 g/mol. The average molecular weight is 731 g/mol. The van der Waals surface area contributed by atoms with E-state index in [0.29, 0.717) is 35.5 Å². The molecule has 0 aliphatic carbocycles. The number of nitrogens with zero attached hydrogens (tertiary/aromatic N) is 2. The van der Waals surface area contributed by atoms with E-state index in [4.69, 9.17) is 21.1 Å². The van der Waals surface area contributed by atoms with E-state index in [-0.39, 0.29) is 138 Å². The number of rotatable bonds is 7. The molecule has 0 fully saturated rings. The summed E-state index contributed by atoms with van der Waals surface area (Å²) in [7, 11) is 0. The molecule has 6 N–H and O–H groups in total. The van der Waals surface area contributed by atoms with Crippen LogP contribution in [0.3, 0.4) is 0 Å². The fourth-order valence-corrected chi connectivity index (χ4v) is 5.65. The zero-order chi connectivity index (χ0) is 32.0. The first-order valence-corrected chi connectivity index (χ1v) is 13.5. The molecule has 17 heteroatoms. The first-order chi connectivity index (χ1) is 21.1. The molecule has 0 saturated carbocycles. The molecule has 2 aliphatic heterocycles. The van der Waals surface area contributed by atoms with Gasteiger partial charge < -0.3 is 48.4 Å². The summed E-state index contributed by atoms with van der Waals surface area (Å²) in [5.41, 5.74) is 12.0. The summed E-state index contributed by atoms with van der Waals surface area (Å²) >= 11 is 0. The first-order valence-electron chi connectivity index (χ1n) is 13.5. The molecule has 2 aromatic carbocycles. The van der Waals surface area contributed by atoms with Gasteiger partial charge in [0.2, 0.25) is 23.4 Å². The van der Waals surface area contributed by atoms with Crippen LogP contribution in [0, 0.1) is 0 Å². The van der Waals surface area contributed by atoms with Gasteiger partial charge in [-0.3, -0.25) is 19.2 Å². The van der Waals surface area contributed by atoms with Crippen molar-refractivity contribution in [1.82, 2.24) is 9.13 Å². The number of hydrogen-bond acceptors (Lipinski definition) is 8. The van der Waals surface area contributed by atoms with Gasteiger partial charge in [0.05, 0.1) is 23.3 Å². The molecule has 49 heavy (non-hydrogen) atoms. The fourth-order valence-electron chi connectivity index (χ4n) is 5.65. The molecule has 248 valence electrons. The minimum atomic E-state index is -1.87. The molecule has 6 rings (SSSR count). The van der Waals surface area contributed by atoms with Crippen molar-refractivity contribution in [3.63, 3.8) is 0 Å². The van der Waals surface area contributed by atoms with Gasteiger partial charge in [-0.05, 0) is 37.1 Å². The standard InChI is InChI=1S/C16H14N2O4.C15H14N2O2.CO2.2ClH.2Na.H2O/c17-14(20)16(15(21)22)8-9-18-11(6-7-12(16)18)13(19)10-4-2-1-3-5-10;16-15(19)11-8-9-17-12(11)6-7-13(17)14(18)10-4-2-1-3-5-10;2-1-3;;;;;/h1-7H,8-9H2,(H2,17,20)(H,21,22);1-7,11H,8-9H2,(H2,16,19);;2*1H;;;1H2/q;;;;;2*+1;/p-2. The van der Waals surface area contributed by atoms with Crippen LogP contribution in [-0.4, -0.2) is 50.1 Å². The van der Waals surface area contributed by atoms with Crippen molar-refractivity contribution in [2.45, 2.75) is 37.3 Å². The quantitative estimate of drug-likeness (QED) is 0.105. The smallest absolute Gasteiger partial charge is 1.00 e. The Bertz CT molecular complexity index is 1780. The SMILES string of the molecule is Cl.NC(=O)C1(C(=O)[O-])CCn2c(C(=O)c3ccccc3)ccc21.NC(=O)C1CCn2c(C(=O)c3ccccc3)ccc21.O.O=C=O.[Cl-].[Na+].[Na+]. The molecule has 4 heterocycles. The number of primary amides is 2.